The van der Waals surface area contributed by atoms with Crippen LogP contribution in [-0.2, 0) is 22.6 Å². The van der Waals surface area contributed by atoms with Gasteiger partial charge in [0, 0.05) is 25.0 Å². The average molecular weight is 437 g/mol. The molecule has 3 aromatic rings. The van der Waals surface area contributed by atoms with E-state index in [1.807, 2.05) is 19.9 Å². The van der Waals surface area contributed by atoms with Gasteiger partial charge >= 0.3 is 5.97 Å². The lowest BCUT2D eigenvalue weighted by atomic mass is 10.1. The smallest absolute Gasteiger partial charge is 0.344 e. The summed E-state index contributed by atoms with van der Waals surface area (Å²) >= 11 is 0. The van der Waals surface area contributed by atoms with Crippen molar-refractivity contribution in [3.63, 3.8) is 0 Å². The topological polar surface area (TPSA) is 109 Å². The van der Waals surface area contributed by atoms with Gasteiger partial charge < -0.3 is 24.1 Å². The number of nitrogens with zero attached hydrogens (tertiary/aromatic N) is 2. The van der Waals surface area contributed by atoms with Crippen LogP contribution in [0.3, 0.4) is 0 Å². The molecule has 0 radical (unpaired) electrons. The van der Waals surface area contributed by atoms with Crippen LogP contribution in [0.25, 0.3) is 11.0 Å². The van der Waals surface area contributed by atoms with Gasteiger partial charge in [-0.15, -0.1) is 0 Å². The number of hydrogen-bond donors (Lipinski definition) is 1. The number of esters is 1. The van der Waals surface area contributed by atoms with Crippen LogP contribution in [0.5, 0.6) is 11.5 Å². The van der Waals surface area contributed by atoms with Crippen molar-refractivity contribution < 1.29 is 23.8 Å². The fourth-order valence-electron chi connectivity index (χ4n) is 3.41. The number of nitrogens with one attached hydrogen (secondary N) is 1. The van der Waals surface area contributed by atoms with Crippen molar-refractivity contribution in [2.45, 2.75) is 40.0 Å². The summed E-state index contributed by atoms with van der Waals surface area (Å²) in [5, 5.41) is 3.04. The van der Waals surface area contributed by atoms with Crippen molar-refractivity contribution in [3.05, 3.63) is 63.6 Å². The van der Waals surface area contributed by atoms with Gasteiger partial charge in [-0.25, -0.2) is 9.78 Å². The summed E-state index contributed by atoms with van der Waals surface area (Å²) < 4.78 is 17.6. The number of carbonyl (C=O) groups excluding carboxylic acids is 2. The summed E-state index contributed by atoms with van der Waals surface area (Å²) in [6.45, 7) is 6.07. The maximum atomic E-state index is 12.8. The van der Waals surface area contributed by atoms with Gasteiger partial charge in [0.05, 0.1) is 5.39 Å². The Morgan fingerprint density at radius 3 is 2.78 bits per heavy atom. The molecule has 1 amide bonds. The van der Waals surface area contributed by atoms with Crippen molar-refractivity contribution in [2.24, 2.45) is 0 Å². The van der Waals surface area contributed by atoms with Crippen LogP contribution in [0.2, 0.25) is 0 Å². The van der Waals surface area contributed by atoms with E-state index >= 15 is 0 Å². The first kappa shape index (κ1) is 21.4. The Hall–Kier alpha value is -3.88. The fourth-order valence-corrected chi connectivity index (χ4v) is 3.41. The molecule has 1 aromatic carbocycles. The zero-order valence-corrected chi connectivity index (χ0v) is 18.0. The first-order valence-electron chi connectivity index (χ1n) is 10.3. The summed E-state index contributed by atoms with van der Waals surface area (Å²) in [5.74, 6) is -0.0689. The molecule has 0 spiro atoms. The van der Waals surface area contributed by atoms with Gasteiger partial charge in [-0.1, -0.05) is 6.07 Å². The monoisotopic (exact) mass is 437 g/mol. The van der Waals surface area contributed by atoms with E-state index < -0.39 is 23.4 Å². The second kappa shape index (κ2) is 8.70. The minimum absolute atomic E-state index is 0.138. The molecule has 0 fully saturated rings. The average Bonchev–Trinajstić information content (AvgIpc) is 3.25. The molecular formula is C23H23N3O6. The number of aromatic nitrogens is 2. The maximum Gasteiger partial charge on any atom is 0.344 e. The molecule has 1 unspecified atom stereocenters. The van der Waals surface area contributed by atoms with E-state index in [1.165, 1.54) is 13.1 Å². The van der Waals surface area contributed by atoms with E-state index in [1.54, 1.807) is 28.8 Å². The van der Waals surface area contributed by atoms with Crippen LogP contribution in [0.1, 0.15) is 35.5 Å². The Morgan fingerprint density at radius 2 is 2.00 bits per heavy atom. The predicted molar refractivity (Wildman–Crippen MR) is 116 cm³/mol. The molecule has 1 atom stereocenters. The van der Waals surface area contributed by atoms with Crippen LogP contribution >= 0.6 is 0 Å². The van der Waals surface area contributed by atoms with Crippen LogP contribution in [0, 0.1) is 6.92 Å². The first-order valence-corrected chi connectivity index (χ1v) is 10.3. The Labute approximate surface area is 183 Å². The molecule has 1 aliphatic heterocycles. The predicted octanol–water partition coefficient (Wildman–Crippen LogP) is 2.32. The summed E-state index contributed by atoms with van der Waals surface area (Å²) in [5.41, 5.74) is 1.46. The highest BCUT2D eigenvalue weighted by molar-refractivity contribution is 5.94. The molecule has 9 nitrogen and oxygen atoms in total. The third-order valence-corrected chi connectivity index (χ3v) is 5.18. The minimum atomic E-state index is -1.09. The minimum Gasteiger partial charge on any atom is -0.454 e. The van der Waals surface area contributed by atoms with Gasteiger partial charge in [0.1, 0.15) is 11.2 Å². The van der Waals surface area contributed by atoms with E-state index in [2.05, 4.69) is 10.3 Å². The van der Waals surface area contributed by atoms with E-state index in [0.29, 0.717) is 29.1 Å². The standard InChI is InChI=1S/C23H23N3O6/c1-4-26-11-17(20(27)16-7-5-13(2)25-21(16)26)23(29)32-14(3)22(28)24-10-15-6-8-18-19(9-15)31-12-30-18/h5-9,11,14H,4,10,12H2,1-3H3,(H,24,28). The van der Waals surface area contributed by atoms with Gasteiger partial charge in [-0.2, -0.15) is 0 Å². The third kappa shape index (κ3) is 4.14. The quantitative estimate of drug-likeness (QED) is 0.590. The Balaban J connectivity index is 1.45. The molecule has 1 N–H and O–H groups in total. The third-order valence-electron chi connectivity index (χ3n) is 5.18. The second-order valence-corrected chi connectivity index (χ2v) is 7.43. The van der Waals surface area contributed by atoms with E-state index in [0.717, 1.165) is 11.3 Å². The molecule has 166 valence electrons. The van der Waals surface area contributed by atoms with Crippen LogP contribution in [-0.4, -0.2) is 34.3 Å². The van der Waals surface area contributed by atoms with Crippen molar-refractivity contribution in [3.8, 4) is 11.5 Å². The number of rotatable bonds is 6. The van der Waals surface area contributed by atoms with Gasteiger partial charge in [0.2, 0.25) is 12.2 Å². The highest BCUT2D eigenvalue weighted by Gasteiger charge is 2.23. The molecule has 1 aliphatic rings. The van der Waals surface area contributed by atoms with Crippen molar-refractivity contribution in [2.75, 3.05) is 6.79 Å². The highest BCUT2D eigenvalue weighted by Crippen LogP contribution is 2.32. The zero-order chi connectivity index (χ0) is 22.8. The molecule has 4 rings (SSSR count). The number of hydrogen-bond acceptors (Lipinski definition) is 7. The largest absolute Gasteiger partial charge is 0.454 e. The van der Waals surface area contributed by atoms with Crippen molar-refractivity contribution >= 4 is 22.9 Å². The Morgan fingerprint density at radius 1 is 1.22 bits per heavy atom. The maximum absolute atomic E-state index is 12.8. The van der Waals surface area contributed by atoms with Crippen LogP contribution < -0.4 is 20.2 Å². The molecule has 0 bridgehead atoms. The highest BCUT2D eigenvalue weighted by atomic mass is 16.7. The van der Waals surface area contributed by atoms with Gasteiger partial charge in [-0.3, -0.25) is 9.59 Å². The summed E-state index contributed by atoms with van der Waals surface area (Å²) in [7, 11) is 0. The number of carbonyl (C=O) groups is 2. The van der Waals surface area contributed by atoms with Gasteiger partial charge in [0.25, 0.3) is 5.91 Å². The fraction of sp³-hybridized carbons (Fsp3) is 0.304. The normalized spacial score (nSPS) is 13.1. The first-order chi connectivity index (χ1) is 15.4. The summed E-state index contributed by atoms with van der Waals surface area (Å²) in [4.78, 5) is 42.4. The van der Waals surface area contributed by atoms with Crippen molar-refractivity contribution in [1.82, 2.24) is 14.9 Å². The molecule has 9 heteroatoms. The Kier molecular flexibility index (Phi) is 5.81. The van der Waals surface area contributed by atoms with Crippen LogP contribution in [0.15, 0.2) is 41.3 Å². The number of fused-ring (bicyclic) bond motifs is 2. The summed E-state index contributed by atoms with van der Waals surface area (Å²) in [6.07, 6.45) is 0.342. The molecule has 0 saturated heterocycles. The Bertz CT molecular complexity index is 1270. The molecular weight excluding hydrogens is 414 g/mol. The molecule has 0 aliphatic carbocycles. The number of ether oxygens (including phenoxy) is 3. The van der Waals surface area contributed by atoms with E-state index in [4.69, 9.17) is 14.2 Å². The molecule has 0 saturated carbocycles. The lowest BCUT2D eigenvalue weighted by Gasteiger charge is -2.15. The molecule has 3 heterocycles. The van der Waals surface area contributed by atoms with Crippen LogP contribution in [0.4, 0.5) is 0 Å². The lowest BCUT2D eigenvalue weighted by Crippen LogP contribution is -2.36. The van der Waals surface area contributed by atoms with E-state index in [-0.39, 0.29) is 18.9 Å². The number of aryl methyl sites for hydroxylation is 2. The van der Waals surface area contributed by atoms with Gasteiger partial charge in [-0.05, 0) is 50.6 Å². The van der Waals surface area contributed by atoms with Crippen molar-refractivity contribution in [1.29, 1.82) is 0 Å². The van der Waals surface area contributed by atoms with Gasteiger partial charge in [0.15, 0.2) is 17.6 Å². The number of benzene rings is 1. The SMILES string of the molecule is CCn1cc(C(=O)OC(C)C(=O)NCc2ccc3c(c2)OCO3)c(=O)c2ccc(C)nc21. The number of amides is 1. The lowest BCUT2D eigenvalue weighted by molar-refractivity contribution is -0.129. The summed E-state index contributed by atoms with van der Waals surface area (Å²) in [6, 6.07) is 8.71. The zero-order valence-electron chi connectivity index (χ0n) is 18.0. The molecule has 32 heavy (non-hydrogen) atoms. The van der Waals surface area contributed by atoms with E-state index in [9.17, 15) is 14.4 Å². The molecule has 2 aromatic heterocycles. The second-order valence-electron chi connectivity index (χ2n) is 7.43. The number of pyridine rings is 2.